The molecule has 1 aromatic carbocycles. The van der Waals surface area contributed by atoms with Crippen LogP contribution in [0.25, 0.3) is 5.52 Å². The zero-order valence-corrected chi connectivity index (χ0v) is 13.2. The van der Waals surface area contributed by atoms with Crippen molar-refractivity contribution in [1.82, 2.24) is 24.8 Å². The highest BCUT2D eigenvalue weighted by Gasteiger charge is 2.19. The normalized spacial score (nSPS) is 12.4. The van der Waals surface area contributed by atoms with Gasteiger partial charge in [0.1, 0.15) is 11.3 Å². The number of aromatic amines is 1. The van der Waals surface area contributed by atoms with Crippen LogP contribution < -0.4 is 5.32 Å². The van der Waals surface area contributed by atoms with Crippen molar-refractivity contribution in [2.75, 3.05) is 5.32 Å². The summed E-state index contributed by atoms with van der Waals surface area (Å²) in [6, 6.07) is 10.6. The van der Waals surface area contributed by atoms with E-state index in [1.54, 1.807) is 16.8 Å². The van der Waals surface area contributed by atoms with Gasteiger partial charge in [0.25, 0.3) is 0 Å². The van der Waals surface area contributed by atoms with Crippen LogP contribution >= 0.6 is 0 Å². The van der Waals surface area contributed by atoms with Crippen LogP contribution in [0, 0.1) is 12.7 Å². The molecule has 0 saturated heterocycles. The summed E-state index contributed by atoms with van der Waals surface area (Å²) in [5.74, 6) is 0.563. The van der Waals surface area contributed by atoms with E-state index in [2.05, 4.69) is 25.6 Å². The van der Waals surface area contributed by atoms with Crippen LogP contribution in [0.15, 0.2) is 48.7 Å². The fourth-order valence-corrected chi connectivity index (χ4v) is 2.54. The zero-order valence-electron chi connectivity index (χ0n) is 13.2. The lowest BCUT2D eigenvalue weighted by Gasteiger charge is -2.11. The van der Waals surface area contributed by atoms with Crippen LogP contribution in [0.1, 0.15) is 23.3 Å². The summed E-state index contributed by atoms with van der Waals surface area (Å²) in [5, 5.41) is 14.2. The molecule has 4 aromatic rings. The maximum Gasteiger partial charge on any atom is 0.190 e. The Morgan fingerprint density at radius 1 is 1.20 bits per heavy atom. The fraction of sp³-hybridized carbons (Fsp3) is 0.118. The van der Waals surface area contributed by atoms with Gasteiger partial charge >= 0.3 is 0 Å². The Bertz CT molecular complexity index is 1020. The number of rotatable bonds is 4. The van der Waals surface area contributed by atoms with Crippen molar-refractivity contribution >= 4 is 17.2 Å². The molecule has 6 nitrogen and oxygen atoms in total. The number of aryl methyl sites for hydroxylation is 1. The van der Waals surface area contributed by atoms with Gasteiger partial charge < -0.3 is 5.32 Å². The number of hydrogen-bond donors (Lipinski definition) is 2. The molecule has 126 valence electrons. The first kappa shape index (κ1) is 15.3. The molecular weight excluding hydrogens is 326 g/mol. The number of hydrogen-bond acceptors (Lipinski definition) is 4. The van der Waals surface area contributed by atoms with E-state index in [1.807, 2.05) is 19.1 Å². The quantitative estimate of drug-likeness (QED) is 0.594. The SMILES string of the molecule is Cc1cc(Nc2nc(C(F)c3ccc(F)cc3)nn3cccc23)n[nH]1. The van der Waals surface area contributed by atoms with Crippen molar-refractivity contribution in [2.45, 2.75) is 13.1 Å². The lowest BCUT2D eigenvalue weighted by atomic mass is 10.1. The molecule has 1 atom stereocenters. The molecular formula is C17H14F2N6. The monoisotopic (exact) mass is 340 g/mol. The van der Waals surface area contributed by atoms with Crippen LogP contribution in [-0.2, 0) is 0 Å². The molecule has 0 saturated carbocycles. The molecule has 25 heavy (non-hydrogen) atoms. The van der Waals surface area contributed by atoms with E-state index in [9.17, 15) is 8.78 Å². The maximum absolute atomic E-state index is 14.8. The number of nitrogens with zero attached hydrogens (tertiary/aromatic N) is 4. The van der Waals surface area contributed by atoms with Crippen molar-refractivity contribution in [2.24, 2.45) is 0 Å². The predicted octanol–water partition coefficient (Wildman–Crippen LogP) is 3.70. The van der Waals surface area contributed by atoms with Crippen molar-refractivity contribution < 1.29 is 8.78 Å². The van der Waals surface area contributed by atoms with E-state index in [0.717, 1.165) is 5.69 Å². The number of halogens is 2. The summed E-state index contributed by atoms with van der Waals surface area (Å²) in [4.78, 5) is 4.31. The second-order valence-electron chi connectivity index (χ2n) is 5.63. The van der Waals surface area contributed by atoms with Gasteiger partial charge in [0.05, 0.1) is 0 Å². The minimum atomic E-state index is -1.58. The Labute approximate surface area is 141 Å². The van der Waals surface area contributed by atoms with Gasteiger partial charge in [0.2, 0.25) is 0 Å². The van der Waals surface area contributed by atoms with Crippen LogP contribution in [0.5, 0.6) is 0 Å². The average Bonchev–Trinajstić information content (AvgIpc) is 3.23. The number of benzene rings is 1. The molecule has 0 spiro atoms. The topological polar surface area (TPSA) is 70.9 Å². The highest BCUT2D eigenvalue weighted by atomic mass is 19.1. The molecule has 0 amide bonds. The molecule has 0 bridgehead atoms. The minimum Gasteiger partial charge on any atom is -0.322 e. The summed E-state index contributed by atoms with van der Waals surface area (Å²) in [7, 11) is 0. The van der Waals surface area contributed by atoms with Crippen molar-refractivity contribution in [3.8, 4) is 0 Å². The Hall–Kier alpha value is -3.29. The Balaban J connectivity index is 1.75. The van der Waals surface area contributed by atoms with E-state index < -0.39 is 12.0 Å². The van der Waals surface area contributed by atoms with Crippen molar-refractivity contribution in [1.29, 1.82) is 0 Å². The van der Waals surface area contributed by atoms with Crippen molar-refractivity contribution in [3.05, 3.63) is 71.6 Å². The standard InChI is InChI=1S/C17H14F2N6/c1-10-9-14(23-22-10)20-16-13-3-2-8-25(13)24-17(21-16)15(19)11-4-6-12(18)7-5-11/h2-9,15H,1H3,(H2,20,21,22,23,24). The van der Waals surface area contributed by atoms with Crippen molar-refractivity contribution in [3.63, 3.8) is 0 Å². The number of anilines is 2. The third-order valence-electron chi connectivity index (χ3n) is 3.75. The number of aromatic nitrogens is 5. The minimum absolute atomic E-state index is 0.0231. The number of nitrogens with one attached hydrogen (secondary N) is 2. The van der Waals surface area contributed by atoms with E-state index in [-0.39, 0.29) is 11.4 Å². The van der Waals surface area contributed by atoms with Gasteiger partial charge in [-0.1, -0.05) is 12.1 Å². The number of alkyl halides is 1. The smallest absolute Gasteiger partial charge is 0.190 e. The molecule has 3 heterocycles. The summed E-state index contributed by atoms with van der Waals surface area (Å²) >= 11 is 0. The number of H-pyrrole nitrogens is 1. The second kappa shape index (κ2) is 5.97. The first-order valence-electron chi connectivity index (χ1n) is 7.64. The Kier molecular flexibility index (Phi) is 3.64. The Morgan fingerprint density at radius 2 is 2.00 bits per heavy atom. The zero-order chi connectivity index (χ0) is 17.4. The van der Waals surface area contributed by atoms with E-state index in [1.165, 1.54) is 24.3 Å². The molecule has 4 rings (SSSR count). The molecule has 0 fully saturated rings. The summed E-state index contributed by atoms with van der Waals surface area (Å²) in [6.07, 6.45) is 0.132. The van der Waals surface area contributed by atoms with Crippen LogP contribution in [0.3, 0.4) is 0 Å². The third-order valence-corrected chi connectivity index (χ3v) is 3.75. The highest BCUT2D eigenvalue weighted by Crippen LogP contribution is 2.27. The van der Waals surface area contributed by atoms with E-state index >= 15 is 0 Å². The van der Waals surface area contributed by atoms with Crippen LogP contribution in [-0.4, -0.2) is 24.8 Å². The van der Waals surface area contributed by atoms with Gasteiger partial charge in [-0.05, 0) is 36.8 Å². The first-order chi connectivity index (χ1) is 12.1. The molecule has 2 N–H and O–H groups in total. The maximum atomic E-state index is 14.8. The van der Waals surface area contributed by atoms with Gasteiger partial charge in [0.15, 0.2) is 23.6 Å². The first-order valence-corrected chi connectivity index (χ1v) is 7.64. The van der Waals surface area contributed by atoms with Crippen LogP contribution in [0.2, 0.25) is 0 Å². The Morgan fingerprint density at radius 3 is 2.72 bits per heavy atom. The fourth-order valence-electron chi connectivity index (χ4n) is 2.54. The molecule has 0 aliphatic heterocycles. The van der Waals surface area contributed by atoms with Gasteiger partial charge in [0, 0.05) is 18.0 Å². The second-order valence-corrected chi connectivity index (χ2v) is 5.63. The molecule has 0 aliphatic carbocycles. The highest BCUT2D eigenvalue weighted by molar-refractivity contribution is 5.72. The van der Waals surface area contributed by atoms with Crippen LogP contribution in [0.4, 0.5) is 20.4 Å². The molecule has 0 radical (unpaired) electrons. The molecule has 3 aromatic heterocycles. The lowest BCUT2D eigenvalue weighted by Crippen LogP contribution is -2.09. The molecule has 1 unspecified atom stereocenters. The summed E-state index contributed by atoms with van der Waals surface area (Å²) in [5.41, 5.74) is 1.86. The molecule has 8 heteroatoms. The lowest BCUT2D eigenvalue weighted by molar-refractivity contribution is 0.379. The number of fused-ring (bicyclic) bond motifs is 1. The summed E-state index contributed by atoms with van der Waals surface area (Å²) < 4.78 is 29.4. The van der Waals surface area contributed by atoms with E-state index in [0.29, 0.717) is 17.2 Å². The average molecular weight is 340 g/mol. The third kappa shape index (κ3) is 2.93. The van der Waals surface area contributed by atoms with Gasteiger partial charge in [-0.2, -0.15) is 5.10 Å². The molecule has 0 aliphatic rings. The largest absolute Gasteiger partial charge is 0.322 e. The summed E-state index contributed by atoms with van der Waals surface area (Å²) in [6.45, 7) is 1.88. The van der Waals surface area contributed by atoms with Gasteiger partial charge in [-0.25, -0.2) is 18.3 Å². The van der Waals surface area contributed by atoms with E-state index in [4.69, 9.17) is 0 Å². The van der Waals surface area contributed by atoms with Gasteiger partial charge in [-0.15, -0.1) is 5.10 Å². The predicted molar refractivity (Wildman–Crippen MR) is 88.9 cm³/mol. The van der Waals surface area contributed by atoms with Gasteiger partial charge in [-0.3, -0.25) is 5.10 Å².